The minimum absolute atomic E-state index is 0.152. The van der Waals surface area contributed by atoms with Crippen molar-refractivity contribution in [3.8, 4) is 0 Å². The smallest absolute Gasteiger partial charge is 0.293 e. The van der Waals surface area contributed by atoms with Crippen molar-refractivity contribution in [1.82, 2.24) is 9.47 Å². The zero-order valence-corrected chi connectivity index (χ0v) is 14.4. The first-order valence-electron chi connectivity index (χ1n) is 7.82. The van der Waals surface area contributed by atoms with Gasteiger partial charge >= 0.3 is 0 Å². The topological polar surface area (TPSA) is 42.3 Å². The fourth-order valence-corrected chi connectivity index (χ4v) is 3.85. The van der Waals surface area contributed by atoms with Crippen LogP contribution in [0.4, 0.5) is 4.79 Å². The number of imide groups is 1. The number of aryl methyl sites for hydroxylation is 1. The number of aromatic nitrogens is 1. The van der Waals surface area contributed by atoms with E-state index in [0.717, 1.165) is 17.3 Å². The summed E-state index contributed by atoms with van der Waals surface area (Å²) in [7, 11) is 0. The van der Waals surface area contributed by atoms with Gasteiger partial charge in [-0.1, -0.05) is 13.8 Å². The highest BCUT2D eigenvalue weighted by Gasteiger charge is 2.35. The summed E-state index contributed by atoms with van der Waals surface area (Å²) in [6, 6.07) is 2.74. The second-order valence-corrected chi connectivity index (χ2v) is 7.61. The van der Waals surface area contributed by atoms with Gasteiger partial charge in [0.15, 0.2) is 0 Å². The second-order valence-electron chi connectivity index (χ2n) is 6.61. The summed E-state index contributed by atoms with van der Waals surface area (Å²) in [6.07, 6.45) is 4.36. The van der Waals surface area contributed by atoms with Gasteiger partial charge in [0.1, 0.15) is 0 Å². The van der Waals surface area contributed by atoms with Crippen molar-refractivity contribution in [1.29, 1.82) is 0 Å². The summed E-state index contributed by atoms with van der Waals surface area (Å²) in [5.74, 6) is 0.132. The first-order chi connectivity index (χ1) is 10.4. The van der Waals surface area contributed by atoms with Crippen LogP contribution in [0.15, 0.2) is 11.0 Å². The van der Waals surface area contributed by atoms with E-state index in [9.17, 15) is 9.59 Å². The molecule has 2 amide bonds. The minimum atomic E-state index is -0.153. The highest BCUT2D eigenvalue weighted by Crippen LogP contribution is 2.39. The number of carbonyl (C=O) groups excluding carboxylic acids is 2. The molecule has 0 bridgehead atoms. The SMILES string of the molecule is Cc1cc(/C=C2\SC(=O)N(CC(C)C)C2=O)c(C)n1C1CC1. The number of nitrogens with zero attached hydrogens (tertiary/aromatic N) is 2. The molecule has 0 aromatic carbocycles. The number of hydrogen-bond acceptors (Lipinski definition) is 3. The van der Waals surface area contributed by atoms with E-state index in [4.69, 9.17) is 0 Å². The molecule has 3 rings (SSSR count). The van der Waals surface area contributed by atoms with Crippen molar-refractivity contribution < 1.29 is 9.59 Å². The first-order valence-corrected chi connectivity index (χ1v) is 8.64. The van der Waals surface area contributed by atoms with Crippen LogP contribution >= 0.6 is 11.8 Å². The van der Waals surface area contributed by atoms with Crippen LogP contribution in [0.2, 0.25) is 0 Å². The summed E-state index contributed by atoms with van der Waals surface area (Å²) in [5.41, 5.74) is 3.47. The lowest BCUT2D eigenvalue weighted by atomic mass is 10.2. The summed E-state index contributed by atoms with van der Waals surface area (Å²) in [5, 5.41) is -0.152. The van der Waals surface area contributed by atoms with Gasteiger partial charge in [0.2, 0.25) is 0 Å². The molecule has 0 unspecified atom stereocenters. The van der Waals surface area contributed by atoms with E-state index >= 15 is 0 Å². The van der Waals surface area contributed by atoms with Crippen molar-refractivity contribution in [2.75, 3.05) is 6.54 Å². The molecule has 1 aromatic rings. The van der Waals surface area contributed by atoms with Gasteiger partial charge in [-0.3, -0.25) is 14.5 Å². The predicted octanol–water partition coefficient (Wildman–Crippen LogP) is 4.13. The second kappa shape index (κ2) is 5.61. The van der Waals surface area contributed by atoms with E-state index in [2.05, 4.69) is 24.5 Å². The van der Waals surface area contributed by atoms with E-state index < -0.39 is 0 Å². The van der Waals surface area contributed by atoms with Crippen LogP contribution in [0, 0.1) is 19.8 Å². The van der Waals surface area contributed by atoms with Crippen molar-refractivity contribution in [2.45, 2.75) is 46.6 Å². The monoisotopic (exact) mass is 318 g/mol. The molecule has 0 radical (unpaired) electrons. The Labute approximate surface area is 135 Å². The van der Waals surface area contributed by atoms with Crippen molar-refractivity contribution in [2.24, 2.45) is 5.92 Å². The molecule has 22 heavy (non-hydrogen) atoms. The maximum atomic E-state index is 12.4. The number of carbonyl (C=O) groups is 2. The third-order valence-electron chi connectivity index (χ3n) is 4.14. The fraction of sp³-hybridized carbons (Fsp3) is 0.529. The standard InChI is InChI=1S/C17H22N2O2S/c1-10(2)9-18-16(20)15(22-17(18)21)8-13-7-11(3)19(12(13)4)14-5-6-14/h7-8,10,14H,5-6,9H2,1-4H3/b15-8-. The molecule has 1 aliphatic carbocycles. The lowest BCUT2D eigenvalue weighted by Gasteiger charge is -2.14. The number of hydrogen-bond donors (Lipinski definition) is 0. The largest absolute Gasteiger partial charge is 0.346 e. The quantitative estimate of drug-likeness (QED) is 0.784. The zero-order valence-electron chi connectivity index (χ0n) is 13.5. The molecule has 0 atom stereocenters. The third-order valence-corrected chi connectivity index (χ3v) is 5.05. The average molecular weight is 318 g/mol. The summed E-state index contributed by atoms with van der Waals surface area (Å²) < 4.78 is 2.35. The van der Waals surface area contributed by atoms with Gasteiger partial charge in [-0.05, 0) is 62.1 Å². The fourth-order valence-electron chi connectivity index (χ4n) is 3.01. The maximum absolute atomic E-state index is 12.4. The molecule has 2 heterocycles. The van der Waals surface area contributed by atoms with Gasteiger partial charge in [-0.2, -0.15) is 0 Å². The highest BCUT2D eigenvalue weighted by atomic mass is 32.2. The van der Waals surface area contributed by atoms with Crippen molar-refractivity contribution >= 4 is 29.0 Å². The first kappa shape index (κ1) is 15.4. The van der Waals surface area contributed by atoms with E-state index in [-0.39, 0.29) is 17.1 Å². The molecule has 1 aliphatic heterocycles. The Bertz CT molecular complexity index is 668. The van der Waals surface area contributed by atoms with Crippen LogP contribution in [0.3, 0.4) is 0 Å². The lowest BCUT2D eigenvalue weighted by molar-refractivity contribution is -0.123. The van der Waals surface area contributed by atoms with Gasteiger partial charge in [-0.15, -0.1) is 0 Å². The Morgan fingerprint density at radius 3 is 2.59 bits per heavy atom. The molecule has 2 aliphatic rings. The van der Waals surface area contributed by atoms with Crippen molar-refractivity contribution in [3.63, 3.8) is 0 Å². The summed E-state index contributed by atoms with van der Waals surface area (Å²) in [6.45, 7) is 8.71. The molecule has 5 heteroatoms. The van der Waals surface area contributed by atoms with E-state index in [1.54, 1.807) is 0 Å². The third kappa shape index (κ3) is 2.74. The molecular formula is C17H22N2O2S. The molecule has 4 nitrogen and oxygen atoms in total. The Morgan fingerprint density at radius 2 is 2.00 bits per heavy atom. The molecule has 1 saturated carbocycles. The molecular weight excluding hydrogens is 296 g/mol. The van der Waals surface area contributed by atoms with Crippen molar-refractivity contribution in [3.05, 3.63) is 27.9 Å². The Morgan fingerprint density at radius 1 is 1.32 bits per heavy atom. The average Bonchev–Trinajstić information content (AvgIpc) is 3.17. The maximum Gasteiger partial charge on any atom is 0.293 e. The molecule has 118 valence electrons. The van der Waals surface area contributed by atoms with Gasteiger partial charge in [0, 0.05) is 24.0 Å². The van der Waals surface area contributed by atoms with Crippen LogP contribution in [-0.2, 0) is 4.79 Å². The predicted molar refractivity (Wildman–Crippen MR) is 89.7 cm³/mol. The highest BCUT2D eigenvalue weighted by molar-refractivity contribution is 8.18. The van der Waals surface area contributed by atoms with E-state index in [1.165, 1.54) is 29.1 Å². The summed E-state index contributed by atoms with van der Waals surface area (Å²) in [4.78, 5) is 26.3. The molecule has 1 aromatic heterocycles. The Balaban J connectivity index is 1.88. The summed E-state index contributed by atoms with van der Waals surface area (Å²) >= 11 is 1.06. The van der Waals surface area contributed by atoms with Crippen LogP contribution in [0.5, 0.6) is 0 Å². The zero-order chi connectivity index (χ0) is 16.0. The molecule has 2 fully saturated rings. The number of amides is 2. The molecule has 0 N–H and O–H groups in total. The van der Waals surface area contributed by atoms with Gasteiger partial charge < -0.3 is 4.57 Å². The van der Waals surface area contributed by atoms with Gasteiger partial charge in [0.25, 0.3) is 11.1 Å². The molecule has 1 saturated heterocycles. The van der Waals surface area contributed by atoms with Crippen LogP contribution in [0.25, 0.3) is 6.08 Å². The molecule has 0 spiro atoms. The lowest BCUT2D eigenvalue weighted by Crippen LogP contribution is -2.31. The van der Waals surface area contributed by atoms with Crippen LogP contribution < -0.4 is 0 Å². The normalized spacial score (nSPS) is 20.8. The van der Waals surface area contributed by atoms with Crippen LogP contribution in [0.1, 0.15) is 49.7 Å². The Kier molecular flexibility index (Phi) is 3.93. The minimum Gasteiger partial charge on any atom is -0.346 e. The number of thioether (sulfide) groups is 1. The Hall–Kier alpha value is -1.49. The van der Waals surface area contributed by atoms with Crippen LogP contribution in [-0.4, -0.2) is 27.2 Å². The van der Waals surface area contributed by atoms with Gasteiger partial charge in [0.05, 0.1) is 4.91 Å². The number of rotatable bonds is 4. The van der Waals surface area contributed by atoms with Gasteiger partial charge in [-0.25, -0.2) is 0 Å². The van der Waals surface area contributed by atoms with E-state index in [1.807, 2.05) is 19.9 Å². The van der Waals surface area contributed by atoms with E-state index in [0.29, 0.717) is 17.5 Å².